The van der Waals surface area contributed by atoms with Crippen molar-refractivity contribution < 1.29 is 36.6 Å². The predicted octanol–water partition coefficient (Wildman–Crippen LogP) is 4.78. The number of rotatable bonds is 7. The lowest BCUT2D eigenvalue weighted by molar-refractivity contribution is -0.142. The van der Waals surface area contributed by atoms with Gasteiger partial charge in [0, 0.05) is 24.2 Å². The summed E-state index contributed by atoms with van der Waals surface area (Å²) in [6.45, 7) is 3.70. The lowest BCUT2D eigenvalue weighted by Gasteiger charge is -2.21. The monoisotopic (exact) mass is 575 g/mol. The number of nitrogens with zero attached hydrogens (tertiary/aromatic N) is 3. The first-order chi connectivity index (χ1) is 18.2. The van der Waals surface area contributed by atoms with Gasteiger partial charge in [-0.15, -0.1) is 11.3 Å². The molecule has 2 aliphatic rings. The number of pyridine rings is 1. The second kappa shape index (κ2) is 11.0. The molecule has 2 aromatic heterocycles. The third-order valence-corrected chi connectivity index (χ3v) is 8.18. The summed E-state index contributed by atoms with van der Waals surface area (Å²) in [7, 11) is 0. The van der Waals surface area contributed by atoms with Gasteiger partial charge >= 0.3 is 6.18 Å². The van der Waals surface area contributed by atoms with Crippen molar-refractivity contribution in [1.82, 2.24) is 20.2 Å². The fourth-order valence-corrected chi connectivity index (χ4v) is 6.01. The highest BCUT2D eigenvalue weighted by Crippen LogP contribution is 2.38. The van der Waals surface area contributed by atoms with Crippen LogP contribution < -0.4 is 10.6 Å². The predicted molar refractivity (Wildman–Crippen MR) is 135 cm³/mol. The van der Waals surface area contributed by atoms with Crippen LogP contribution in [-0.4, -0.2) is 74.7 Å². The molecular weight excluding hydrogens is 545 g/mol. The Morgan fingerprint density at radius 2 is 2.03 bits per heavy atom. The highest BCUT2D eigenvalue weighted by atomic mass is 32.1. The average molecular weight is 576 g/mol. The van der Waals surface area contributed by atoms with Gasteiger partial charge in [0.2, 0.25) is 0 Å². The molecule has 2 amide bonds. The first-order valence-corrected chi connectivity index (χ1v) is 13.5. The maximum Gasteiger partial charge on any atom is 0.408 e. The minimum absolute atomic E-state index is 0.0289. The lowest BCUT2D eigenvalue weighted by Crippen LogP contribution is -2.40. The van der Waals surface area contributed by atoms with Crippen molar-refractivity contribution in [3.63, 3.8) is 0 Å². The van der Waals surface area contributed by atoms with Gasteiger partial charge in [0.1, 0.15) is 17.6 Å². The second-order valence-corrected chi connectivity index (χ2v) is 11.1. The van der Waals surface area contributed by atoms with Crippen molar-refractivity contribution in [3.05, 3.63) is 28.5 Å². The lowest BCUT2D eigenvalue weighted by atomic mass is 10.1. The fraction of sp³-hybridized carbons (Fsp3) is 0.600. The largest absolute Gasteiger partial charge is 0.408 e. The summed E-state index contributed by atoms with van der Waals surface area (Å²) in [6.07, 6.45) is -2.80. The molecule has 3 N–H and O–H groups in total. The molecule has 1 saturated carbocycles. The molecule has 0 bridgehead atoms. The van der Waals surface area contributed by atoms with E-state index in [1.165, 1.54) is 26.1 Å². The SMILES string of the molecule is CC[C@H](Nc1cc(C)c(-c2sc(C(=O)N[C@@H]3CCC[C@H]3O)nc2C(=O)N2CC(F)(F)C[C@@H]2C)cn1)C(F)(F)F. The summed E-state index contributed by atoms with van der Waals surface area (Å²) < 4.78 is 67.8. The highest BCUT2D eigenvalue weighted by Gasteiger charge is 2.46. The Kier molecular flexibility index (Phi) is 8.18. The van der Waals surface area contributed by atoms with Crippen LogP contribution in [0.1, 0.15) is 71.8 Å². The minimum Gasteiger partial charge on any atom is -0.391 e. The molecule has 4 rings (SSSR count). The van der Waals surface area contributed by atoms with Crippen LogP contribution >= 0.6 is 11.3 Å². The summed E-state index contributed by atoms with van der Waals surface area (Å²) in [4.78, 5) is 36.0. The van der Waals surface area contributed by atoms with E-state index in [4.69, 9.17) is 0 Å². The summed E-state index contributed by atoms with van der Waals surface area (Å²) in [6, 6.07) is -1.67. The zero-order valence-electron chi connectivity index (χ0n) is 21.6. The van der Waals surface area contributed by atoms with Crippen LogP contribution in [0.25, 0.3) is 10.4 Å². The van der Waals surface area contributed by atoms with E-state index in [2.05, 4.69) is 20.6 Å². The number of anilines is 1. The van der Waals surface area contributed by atoms with Crippen molar-refractivity contribution in [3.8, 4) is 10.4 Å². The maximum atomic E-state index is 14.1. The number of aliphatic hydroxyl groups excluding tert-OH is 1. The van der Waals surface area contributed by atoms with E-state index in [0.29, 0.717) is 24.0 Å². The molecular formula is C25H30F5N5O3S. The third kappa shape index (κ3) is 6.32. The van der Waals surface area contributed by atoms with E-state index in [1.54, 1.807) is 6.92 Å². The number of amides is 2. The van der Waals surface area contributed by atoms with Gasteiger partial charge in [-0.3, -0.25) is 9.59 Å². The molecule has 0 spiro atoms. The second-order valence-electron chi connectivity index (χ2n) is 10.1. The average Bonchev–Trinajstić information content (AvgIpc) is 3.53. The van der Waals surface area contributed by atoms with Crippen molar-refractivity contribution in [1.29, 1.82) is 0 Å². The Labute approximate surface area is 226 Å². The molecule has 0 unspecified atom stereocenters. The van der Waals surface area contributed by atoms with E-state index in [-0.39, 0.29) is 27.8 Å². The number of hydrogen-bond donors (Lipinski definition) is 3. The molecule has 1 aliphatic heterocycles. The van der Waals surface area contributed by atoms with Gasteiger partial charge in [-0.05, 0) is 51.2 Å². The zero-order valence-corrected chi connectivity index (χ0v) is 22.4. The van der Waals surface area contributed by atoms with E-state index >= 15 is 0 Å². The Hall–Kier alpha value is -2.87. The van der Waals surface area contributed by atoms with Gasteiger partial charge in [-0.25, -0.2) is 18.7 Å². The number of nitrogens with one attached hydrogen (secondary N) is 2. The fourth-order valence-electron chi connectivity index (χ4n) is 4.97. The Bertz CT molecular complexity index is 1240. The number of likely N-dealkylation sites (tertiary alicyclic amines) is 1. The van der Waals surface area contributed by atoms with E-state index in [0.717, 1.165) is 22.7 Å². The first-order valence-electron chi connectivity index (χ1n) is 12.7. The molecule has 1 saturated heterocycles. The molecule has 2 aromatic rings. The molecule has 39 heavy (non-hydrogen) atoms. The van der Waals surface area contributed by atoms with Gasteiger partial charge in [-0.2, -0.15) is 13.2 Å². The van der Waals surface area contributed by atoms with Crippen LogP contribution in [0.2, 0.25) is 0 Å². The van der Waals surface area contributed by atoms with Crippen LogP contribution in [0.15, 0.2) is 12.3 Å². The van der Waals surface area contributed by atoms with Crippen molar-refractivity contribution >= 4 is 29.0 Å². The number of halogens is 5. The quantitative estimate of drug-likeness (QED) is 0.411. The van der Waals surface area contributed by atoms with Crippen molar-refractivity contribution in [2.24, 2.45) is 0 Å². The Morgan fingerprint density at radius 1 is 1.31 bits per heavy atom. The van der Waals surface area contributed by atoms with E-state index < -0.39 is 61.1 Å². The topological polar surface area (TPSA) is 107 Å². The molecule has 1 aliphatic carbocycles. The van der Waals surface area contributed by atoms with E-state index in [1.807, 2.05) is 0 Å². The zero-order chi connectivity index (χ0) is 28.7. The normalized spacial score (nSPS) is 23.6. The third-order valence-electron chi connectivity index (χ3n) is 7.09. The number of hydrogen-bond acceptors (Lipinski definition) is 7. The van der Waals surface area contributed by atoms with Gasteiger partial charge < -0.3 is 20.6 Å². The summed E-state index contributed by atoms with van der Waals surface area (Å²) >= 11 is 0.856. The van der Waals surface area contributed by atoms with Crippen LogP contribution in [0.5, 0.6) is 0 Å². The molecule has 4 atom stereocenters. The summed E-state index contributed by atoms with van der Waals surface area (Å²) in [5, 5.41) is 15.0. The van der Waals surface area contributed by atoms with Gasteiger partial charge in [0.25, 0.3) is 17.7 Å². The molecule has 214 valence electrons. The van der Waals surface area contributed by atoms with Crippen LogP contribution in [0, 0.1) is 6.92 Å². The Balaban J connectivity index is 1.69. The van der Waals surface area contributed by atoms with Gasteiger partial charge in [0.15, 0.2) is 5.01 Å². The van der Waals surface area contributed by atoms with Crippen LogP contribution in [0.4, 0.5) is 27.8 Å². The number of alkyl halides is 5. The summed E-state index contributed by atoms with van der Waals surface area (Å²) in [5.41, 5.74) is 0.564. The number of aliphatic hydroxyl groups is 1. The molecule has 14 heteroatoms. The molecule has 2 fully saturated rings. The highest BCUT2D eigenvalue weighted by molar-refractivity contribution is 7.17. The van der Waals surface area contributed by atoms with E-state index in [9.17, 15) is 36.6 Å². The van der Waals surface area contributed by atoms with Crippen LogP contribution in [0.3, 0.4) is 0 Å². The number of thiazole rings is 1. The smallest absolute Gasteiger partial charge is 0.391 e. The number of carbonyl (C=O) groups excluding carboxylic acids is 2. The van der Waals surface area contributed by atoms with Crippen molar-refractivity contribution in [2.45, 2.75) is 89.2 Å². The number of aromatic nitrogens is 2. The van der Waals surface area contributed by atoms with Gasteiger partial charge in [-0.1, -0.05) is 6.92 Å². The number of aryl methyl sites for hydroxylation is 1. The van der Waals surface area contributed by atoms with Gasteiger partial charge in [0.05, 0.1) is 23.6 Å². The molecule has 0 aromatic carbocycles. The molecule has 0 radical (unpaired) electrons. The minimum atomic E-state index is -4.48. The standard InChI is InChI=1S/C25H30F5N5O3S/c1-4-17(25(28,29)30)33-18-8-12(2)14(10-31-18)20-19(23(38)35-11-24(26,27)9-13(35)3)34-22(39-20)21(37)32-15-6-5-7-16(15)36/h8,10,13,15-17,36H,4-7,9,11H2,1-3H3,(H,31,33)(H,32,37)/t13-,15+,16+,17-/m0/s1. The first kappa shape index (κ1) is 29.1. The molecule has 8 nitrogen and oxygen atoms in total. The molecule has 3 heterocycles. The van der Waals surface area contributed by atoms with Crippen molar-refractivity contribution in [2.75, 3.05) is 11.9 Å². The Morgan fingerprint density at radius 3 is 2.56 bits per heavy atom. The van der Waals surface area contributed by atoms with Crippen LogP contribution in [-0.2, 0) is 0 Å². The number of carbonyl (C=O) groups is 2. The maximum absolute atomic E-state index is 14.1. The summed E-state index contributed by atoms with van der Waals surface area (Å²) in [5.74, 6) is -4.50.